The summed E-state index contributed by atoms with van der Waals surface area (Å²) in [5.74, 6) is 0.644. The Morgan fingerprint density at radius 2 is 1.71 bits per heavy atom. The fourth-order valence-corrected chi connectivity index (χ4v) is 2.64. The Balaban J connectivity index is 1.75. The van der Waals surface area contributed by atoms with Crippen LogP contribution in [-0.4, -0.2) is 34.6 Å². The molecule has 0 saturated carbocycles. The molecule has 5 nitrogen and oxygen atoms in total. The number of aromatic nitrogens is 3. The lowest BCUT2D eigenvalue weighted by Gasteiger charge is -2.15. The second-order valence-corrected chi connectivity index (χ2v) is 5.84. The van der Waals surface area contributed by atoms with E-state index in [1.54, 1.807) is 0 Å². The summed E-state index contributed by atoms with van der Waals surface area (Å²) in [6.07, 6.45) is 9.77. The Bertz CT molecular complexity index is 424. The molecular formula is C15H25ClN4O. The molecule has 1 fully saturated rings. The zero-order chi connectivity index (χ0) is 14.9. The van der Waals surface area contributed by atoms with Crippen LogP contribution in [0.15, 0.2) is 0 Å². The van der Waals surface area contributed by atoms with Crippen LogP contribution in [-0.2, 0) is 0 Å². The van der Waals surface area contributed by atoms with Crippen LogP contribution in [0, 0.1) is 0 Å². The molecule has 0 atom stereocenters. The van der Waals surface area contributed by atoms with Gasteiger partial charge in [0.25, 0.3) is 0 Å². The molecule has 1 aromatic heterocycles. The van der Waals surface area contributed by atoms with Gasteiger partial charge in [-0.15, -0.1) is 0 Å². The average molecular weight is 313 g/mol. The van der Waals surface area contributed by atoms with Crippen LogP contribution in [0.1, 0.15) is 58.3 Å². The third-order valence-electron chi connectivity index (χ3n) is 3.69. The maximum atomic E-state index is 5.96. The first-order chi connectivity index (χ1) is 10.3. The number of ether oxygens (including phenoxy) is 1. The van der Waals surface area contributed by atoms with Crippen molar-refractivity contribution in [3.05, 3.63) is 5.28 Å². The highest BCUT2D eigenvalue weighted by atomic mass is 35.5. The van der Waals surface area contributed by atoms with Crippen LogP contribution in [0.2, 0.25) is 5.28 Å². The molecule has 1 aliphatic heterocycles. The molecule has 1 aliphatic rings. The van der Waals surface area contributed by atoms with Crippen molar-refractivity contribution in [2.24, 2.45) is 0 Å². The summed E-state index contributed by atoms with van der Waals surface area (Å²) >= 11 is 5.96. The SMILES string of the molecule is CCCCCCCCOc1nc(Cl)nc(N2CCCC2)n1. The highest BCUT2D eigenvalue weighted by Gasteiger charge is 2.17. The molecule has 1 saturated heterocycles. The molecule has 6 heteroatoms. The van der Waals surface area contributed by atoms with Crippen LogP contribution in [0.3, 0.4) is 0 Å². The summed E-state index contributed by atoms with van der Waals surface area (Å²) in [6, 6.07) is 0.352. The predicted molar refractivity (Wildman–Crippen MR) is 85.2 cm³/mol. The van der Waals surface area contributed by atoms with Crippen molar-refractivity contribution in [1.82, 2.24) is 15.0 Å². The average Bonchev–Trinajstić information content (AvgIpc) is 3.00. The lowest BCUT2D eigenvalue weighted by Crippen LogP contribution is -2.21. The minimum atomic E-state index is 0.213. The summed E-state index contributed by atoms with van der Waals surface area (Å²) < 4.78 is 5.62. The van der Waals surface area contributed by atoms with E-state index in [9.17, 15) is 0 Å². The van der Waals surface area contributed by atoms with E-state index in [4.69, 9.17) is 16.3 Å². The van der Waals surface area contributed by atoms with Gasteiger partial charge in [0.1, 0.15) is 0 Å². The van der Waals surface area contributed by atoms with Gasteiger partial charge < -0.3 is 9.64 Å². The van der Waals surface area contributed by atoms with E-state index in [1.807, 2.05) is 0 Å². The van der Waals surface area contributed by atoms with Crippen molar-refractivity contribution in [3.63, 3.8) is 0 Å². The molecule has 0 unspecified atom stereocenters. The highest BCUT2D eigenvalue weighted by Crippen LogP contribution is 2.19. The molecule has 0 spiro atoms. The Kier molecular flexibility index (Phi) is 7.00. The van der Waals surface area contributed by atoms with E-state index in [0.29, 0.717) is 18.6 Å². The zero-order valence-electron chi connectivity index (χ0n) is 12.9. The molecule has 0 N–H and O–H groups in total. The summed E-state index contributed by atoms with van der Waals surface area (Å²) in [6.45, 7) is 4.84. The summed E-state index contributed by atoms with van der Waals surface area (Å²) in [4.78, 5) is 14.7. The van der Waals surface area contributed by atoms with Crippen molar-refractivity contribution in [2.75, 3.05) is 24.6 Å². The maximum Gasteiger partial charge on any atom is 0.322 e. The first kappa shape index (κ1) is 16.3. The molecule has 0 aliphatic carbocycles. The van der Waals surface area contributed by atoms with Gasteiger partial charge in [0.15, 0.2) is 0 Å². The van der Waals surface area contributed by atoms with E-state index in [1.165, 1.54) is 44.9 Å². The lowest BCUT2D eigenvalue weighted by atomic mass is 10.1. The van der Waals surface area contributed by atoms with Gasteiger partial charge in [-0.1, -0.05) is 39.0 Å². The van der Waals surface area contributed by atoms with Gasteiger partial charge in [0.2, 0.25) is 11.2 Å². The van der Waals surface area contributed by atoms with Crippen LogP contribution in [0.4, 0.5) is 5.95 Å². The van der Waals surface area contributed by atoms with Gasteiger partial charge in [-0.2, -0.15) is 15.0 Å². The number of halogens is 1. The van der Waals surface area contributed by atoms with E-state index in [0.717, 1.165) is 19.5 Å². The van der Waals surface area contributed by atoms with Gasteiger partial charge in [-0.3, -0.25) is 0 Å². The normalized spacial score (nSPS) is 14.7. The molecule has 0 bridgehead atoms. The Labute approximate surface area is 132 Å². The molecule has 2 heterocycles. The van der Waals surface area contributed by atoms with Gasteiger partial charge >= 0.3 is 6.01 Å². The highest BCUT2D eigenvalue weighted by molar-refractivity contribution is 6.28. The number of unbranched alkanes of at least 4 members (excludes halogenated alkanes) is 5. The molecule has 1 aromatic rings. The van der Waals surface area contributed by atoms with E-state index >= 15 is 0 Å². The second-order valence-electron chi connectivity index (χ2n) is 5.50. The van der Waals surface area contributed by atoms with Gasteiger partial charge in [0.05, 0.1) is 6.61 Å². The summed E-state index contributed by atoms with van der Waals surface area (Å²) in [5.41, 5.74) is 0. The molecule has 2 rings (SSSR count). The quantitative estimate of drug-likeness (QED) is 0.648. The molecule has 118 valence electrons. The summed E-state index contributed by atoms with van der Waals surface area (Å²) in [5, 5.41) is 0.213. The van der Waals surface area contributed by atoms with Crippen LogP contribution >= 0.6 is 11.6 Å². The minimum absolute atomic E-state index is 0.213. The number of hydrogen-bond acceptors (Lipinski definition) is 5. The number of anilines is 1. The molecule has 0 aromatic carbocycles. The minimum Gasteiger partial charge on any atom is -0.463 e. The van der Waals surface area contributed by atoms with E-state index in [-0.39, 0.29) is 5.28 Å². The zero-order valence-corrected chi connectivity index (χ0v) is 13.6. The smallest absolute Gasteiger partial charge is 0.322 e. The van der Waals surface area contributed by atoms with E-state index < -0.39 is 0 Å². The maximum absolute atomic E-state index is 5.96. The predicted octanol–water partition coefficient (Wildman–Crippen LogP) is 3.86. The van der Waals surface area contributed by atoms with Gasteiger partial charge in [0, 0.05) is 13.1 Å². The van der Waals surface area contributed by atoms with Crippen molar-refractivity contribution in [3.8, 4) is 6.01 Å². The molecular weight excluding hydrogens is 288 g/mol. The molecule has 0 radical (unpaired) electrons. The monoisotopic (exact) mass is 312 g/mol. The fourth-order valence-electron chi connectivity index (χ4n) is 2.49. The largest absolute Gasteiger partial charge is 0.463 e. The third-order valence-corrected chi connectivity index (χ3v) is 3.86. The van der Waals surface area contributed by atoms with E-state index in [2.05, 4.69) is 26.8 Å². The summed E-state index contributed by atoms with van der Waals surface area (Å²) in [7, 11) is 0. The topological polar surface area (TPSA) is 51.1 Å². The fraction of sp³-hybridized carbons (Fsp3) is 0.800. The Morgan fingerprint density at radius 1 is 1.00 bits per heavy atom. The Hall–Kier alpha value is -1.10. The number of rotatable bonds is 9. The number of nitrogens with zero attached hydrogens (tertiary/aromatic N) is 4. The molecule has 21 heavy (non-hydrogen) atoms. The van der Waals surface area contributed by atoms with Crippen molar-refractivity contribution in [1.29, 1.82) is 0 Å². The molecule has 0 amide bonds. The van der Waals surface area contributed by atoms with Crippen molar-refractivity contribution in [2.45, 2.75) is 58.3 Å². The lowest BCUT2D eigenvalue weighted by molar-refractivity contribution is 0.280. The van der Waals surface area contributed by atoms with Gasteiger partial charge in [-0.25, -0.2) is 0 Å². The third kappa shape index (κ3) is 5.65. The number of hydrogen-bond donors (Lipinski definition) is 0. The van der Waals surface area contributed by atoms with Crippen LogP contribution in [0.5, 0.6) is 6.01 Å². The first-order valence-electron chi connectivity index (χ1n) is 8.09. The first-order valence-corrected chi connectivity index (χ1v) is 8.46. The second kappa shape index (κ2) is 9.03. The van der Waals surface area contributed by atoms with Crippen LogP contribution < -0.4 is 9.64 Å². The van der Waals surface area contributed by atoms with Crippen molar-refractivity contribution >= 4 is 17.5 Å². The Morgan fingerprint density at radius 3 is 2.48 bits per heavy atom. The van der Waals surface area contributed by atoms with Gasteiger partial charge in [-0.05, 0) is 30.9 Å². The van der Waals surface area contributed by atoms with Crippen LogP contribution in [0.25, 0.3) is 0 Å². The van der Waals surface area contributed by atoms with Crippen molar-refractivity contribution < 1.29 is 4.74 Å². The standard InChI is InChI=1S/C15H25ClN4O/c1-2-3-4-5-6-9-12-21-15-18-13(16)17-14(19-15)20-10-7-8-11-20/h2-12H2,1H3.